The van der Waals surface area contributed by atoms with E-state index < -0.39 is 11.9 Å². The smallest absolute Gasteiger partial charge is 0.242 e. The van der Waals surface area contributed by atoms with E-state index in [0.717, 1.165) is 0 Å². The van der Waals surface area contributed by atoms with E-state index in [1.807, 2.05) is 0 Å². The van der Waals surface area contributed by atoms with Crippen LogP contribution >= 0.6 is 0 Å². The molecule has 0 fully saturated rings. The summed E-state index contributed by atoms with van der Waals surface area (Å²) in [6.45, 7) is 3.54. The van der Waals surface area contributed by atoms with Gasteiger partial charge in [-0.25, -0.2) is 19.4 Å². The number of fused-ring (bicyclic) bond motifs is 5. The molecule has 70 valence electrons. The molecule has 2 bridgehead atoms. The lowest BCUT2D eigenvalue weighted by Crippen LogP contribution is -2.16. The van der Waals surface area contributed by atoms with Crippen molar-refractivity contribution in [2.75, 3.05) is 0 Å². The van der Waals surface area contributed by atoms with E-state index in [0.29, 0.717) is 16.7 Å². The Morgan fingerprint density at radius 1 is 1.14 bits per heavy atom. The molecule has 0 radical (unpaired) electrons. The summed E-state index contributed by atoms with van der Waals surface area (Å²) >= 11 is 0. The molecule has 0 saturated heterocycles. The molecule has 0 N–H and O–H groups in total. The molecule has 0 amide bonds. The third kappa shape index (κ3) is 1.17. The molecule has 2 heterocycles. The van der Waals surface area contributed by atoms with Crippen molar-refractivity contribution in [3.05, 3.63) is 41.5 Å². The van der Waals surface area contributed by atoms with Crippen molar-refractivity contribution >= 4 is 18.0 Å². The summed E-state index contributed by atoms with van der Waals surface area (Å²) in [5.74, 6) is -1.38. The second kappa shape index (κ2) is 2.99. The predicted octanol–water partition coefficient (Wildman–Crippen LogP) is 1.57. The number of carbonyl (C=O) groups excluding carboxylic acids is 2. The zero-order chi connectivity index (χ0) is 10.1. The van der Waals surface area contributed by atoms with E-state index in [1.54, 1.807) is 0 Å². The van der Waals surface area contributed by atoms with Crippen LogP contribution in [0.4, 0.5) is 0 Å². The quantitative estimate of drug-likeness (QED) is 0.631. The van der Waals surface area contributed by atoms with Gasteiger partial charge in [-0.3, -0.25) is 0 Å². The number of benzene rings is 1. The minimum absolute atomic E-state index is 0.330. The number of rotatable bonds is 1. The highest BCUT2D eigenvalue weighted by Crippen LogP contribution is 2.18. The lowest BCUT2D eigenvalue weighted by molar-refractivity contribution is -0.188. The Morgan fingerprint density at radius 3 is 2.57 bits per heavy atom. The lowest BCUT2D eigenvalue weighted by atomic mass is 10.0. The maximum atomic E-state index is 11.3. The fraction of sp³-hybridized carbons (Fsp3) is 0. The molecule has 0 unspecified atom stereocenters. The molecule has 0 aliphatic carbocycles. The van der Waals surface area contributed by atoms with Gasteiger partial charge in [0.2, 0.25) is 0 Å². The molecule has 14 heavy (non-hydrogen) atoms. The molecule has 3 rings (SSSR count). The van der Waals surface area contributed by atoms with Crippen LogP contribution in [0.1, 0.15) is 26.3 Å². The van der Waals surface area contributed by atoms with E-state index in [1.165, 1.54) is 24.3 Å². The van der Waals surface area contributed by atoms with Crippen LogP contribution in [0.15, 0.2) is 24.8 Å². The minimum Gasteiger partial charge on any atom is -0.242 e. The average Bonchev–Trinajstić information content (AvgIpc) is 2.22. The van der Waals surface area contributed by atoms with Crippen LogP contribution in [0.2, 0.25) is 0 Å². The van der Waals surface area contributed by atoms with Gasteiger partial charge in [0.1, 0.15) is 0 Å². The van der Waals surface area contributed by atoms with Crippen molar-refractivity contribution in [2.24, 2.45) is 0 Å². The van der Waals surface area contributed by atoms with Crippen LogP contribution in [0.25, 0.3) is 6.08 Å². The zero-order valence-corrected chi connectivity index (χ0v) is 7.15. The first-order valence-electron chi connectivity index (χ1n) is 3.92. The highest BCUT2D eigenvalue weighted by atomic mass is 17.2. The van der Waals surface area contributed by atoms with Gasteiger partial charge < -0.3 is 0 Å². The van der Waals surface area contributed by atoms with Gasteiger partial charge in [-0.05, 0) is 23.8 Å². The topological polar surface area (TPSA) is 52.6 Å². The van der Waals surface area contributed by atoms with E-state index in [9.17, 15) is 9.59 Å². The molecule has 2 aliphatic heterocycles. The van der Waals surface area contributed by atoms with Gasteiger partial charge >= 0.3 is 11.9 Å². The van der Waals surface area contributed by atoms with Crippen LogP contribution in [0.3, 0.4) is 0 Å². The maximum absolute atomic E-state index is 11.3. The van der Waals surface area contributed by atoms with Crippen LogP contribution in [0, 0.1) is 0 Å². The van der Waals surface area contributed by atoms with Crippen LogP contribution in [-0.2, 0) is 9.78 Å². The fourth-order valence-corrected chi connectivity index (χ4v) is 1.21. The Kier molecular flexibility index (Phi) is 1.81. The Bertz CT molecular complexity index is 434. The summed E-state index contributed by atoms with van der Waals surface area (Å²) in [6.07, 6.45) is 1.48. The molecular formula is C10H6O4. The Morgan fingerprint density at radius 2 is 1.86 bits per heavy atom. The van der Waals surface area contributed by atoms with Gasteiger partial charge in [-0.1, -0.05) is 12.7 Å². The molecular weight excluding hydrogens is 184 g/mol. The highest BCUT2D eigenvalue weighted by molar-refractivity contribution is 5.98. The van der Waals surface area contributed by atoms with E-state index in [4.69, 9.17) is 0 Å². The molecule has 1 aromatic carbocycles. The predicted molar refractivity (Wildman–Crippen MR) is 47.4 cm³/mol. The first-order chi connectivity index (χ1) is 6.72. The molecule has 0 spiro atoms. The van der Waals surface area contributed by atoms with Gasteiger partial charge in [0, 0.05) is 0 Å². The van der Waals surface area contributed by atoms with Crippen molar-refractivity contribution in [1.29, 1.82) is 0 Å². The molecule has 4 nitrogen and oxygen atoms in total. The van der Waals surface area contributed by atoms with Gasteiger partial charge in [0.25, 0.3) is 0 Å². The van der Waals surface area contributed by atoms with Crippen molar-refractivity contribution < 1.29 is 19.4 Å². The molecule has 1 aromatic rings. The second-order valence-corrected chi connectivity index (χ2v) is 2.75. The maximum Gasteiger partial charge on any atom is 0.386 e. The first-order valence-corrected chi connectivity index (χ1v) is 3.92. The average molecular weight is 190 g/mol. The standard InChI is InChI=1S/C10H6O4/c1-2-6-5-7-3-4-8(6)10(12)14-13-9(7)11/h2-5H,1H2. The molecule has 2 aliphatic rings. The van der Waals surface area contributed by atoms with Crippen molar-refractivity contribution in [3.8, 4) is 0 Å². The third-order valence-electron chi connectivity index (χ3n) is 1.92. The van der Waals surface area contributed by atoms with E-state index in [2.05, 4.69) is 16.4 Å². The fourth-order valence-electron chi connectivity index (χ4n) is 1.21. The zero-order valence-electron chi connectivity index (χ0n) is 7.15. The van der Waals surface area contributed by atoms with Crippen molar-refractivity contribution in [3.63, 3.8) is 0 Å². The molecule has 4 heteroatoms. The highest BCUT2D eigenvalue weighted by Gasteiger charge is 2.21. The normalized spacial score (nSPS) is 14.0. The van der Waals surface area contributed by atoms with E-state index in [-0.39, 0.29) is 0 Å². The summed E-state index contributed by atoms with van der Waals surface area (Å²) in [5.41, 5.74) is 1.22. The molecule has 0 saturated carbocycles. The second-order valence-electron chi connectivity index (χ2n) is 2.75. The van der Waals surface area contributed by atoms with Gasteiger partial charge in [-0.15, -0.1) is 0 Å². The summed E-state index contributed by atoms with van der Waals surface area (Å²) < 4.78 is 0. The third-order valence-corrected chi connectivity index (χ3v) is 1.92. The Hall–Kier alpha value is -2.10. The lowest BCUT2D eigenvalue weighted by Gasteiger charge is -2.10. The largest absolute Gasteiger partial charge is 0.386 e. The molecule has 0 atom stereocenters. The Balaban J connectivity index is 2.68. The van der Waals surface area contributed by atoms with Crippen molar-refractivity contribution in [2.45, 2.75) is 0 Å². The van der Waals surface area contributed by atoms with Gasteiger partial charge in [-0.2, -0.15) is 0 Å². The summed E-state index contributed by atoms with van der Waals surface area (Å²) in [7, 11) is 0. The van der Waals surface area contributed by atoms with Gasteiger partial charge in [0.05, 0.1) is 11.1 Å². The number of hydrogen-bond donors (Lipinski definition) is 0. The summed E-state index contributed by atoms with van der Waals surface area (Å²) in [4.78, 5) is 30.9. The molecule has 0 aromatic heterocycles. The van der Waals surface area contributed by atoms with Crippen molar-refractivity contribution in [1.82, 2.24) is 0 Å². The van der Waals surface area contributed by atoms with Crippen LogP contribution < -0.4 is 0 Å². The van der Waals surface area contributed by atoms with Crippen LogP contribution in [0.5, 0.6) is 0 Å². The minimum atomic E-state index is -0.695. The first kappa shape index (κ1) is 8.50. The van der Waals surface area contributed by atoms with Gasteiger partial charge in [0.15, 0.2) is 0 Å². The number of carbonyl (C=O) groups is 2. The monoisotopic (exact) mass is 190 g/mol. The van der Waals surface area contributed by atoms with E-state index >= 15 is 0 Å². The summed E-state index contributed by atoms with van der Waals surface area (Å²) in [5, 5.41) is 0. The Labute approximate surface area is 79.7 Å². The summed E-state index contributed by atoms with van der Waals surface area (Å²) in [6, 6.07) is 4.55. The SMILES string of the molecule is C=Cc1cc2ccc1C(=O)OOC2=O. The number of hydrogen-bond acceptors (Lipinski definition) is 4. The van der Waals surface area contributed by atoms with Crippen LogP contribution in [-0.4, -0.2) is 11.9 Å².